The Balaban J connectivity index is 2.22. The summed E-state index contributed by atoms with van der Waals surface area (Å²) in [7, 11) is 0. The number of aromatic nitrogens is 3. The highest BCUT2D eigenvalue weighted by molar-refractivity contribution is 5.88. The van der Waals surface area contributed by atoms with Crippen molar-refractivity contribution in [2.45, 2.75) is 26.4 Å². The monoisotopic (exact) mass is 267 g/mol. The van der Waals surface area contributed by atoms with Gasteiger partial charge in [-0.2, -0.15) is 5.10 Å². The van der Waals surface area contributed by atoms with Crippen LogP contribution in [0.2, 0.25) is 0 Å². The van der Waals surface area contributed by atoms with Crippen LogP contribution >= 0.6 is 0 Å². The number of fused-ring (bicyclic) bond motifs is 1. The van der Waals surface area contributed by atoms with Crippen LogP contribution in [0.4, 0.5) is 0 Å². The molecule has 0 unspecified atom stereocenters. The molecule has 4 heteroatoms. The molecule has 1 N–H and O–H groups in total. The van der Waals surface area contributed by atoms with E-state index in [4.69, 9.17) is 0 Å². The fourth-order valence-electron chi connectivity index (χ4n) is 2.25. The van der Waals surface area contributed by atoms with Gasteiger partial charge in [0.25, 0.3) is 0 Å². The van der Waals surface area contributed by atoms with Crippen molar-refractivity contribution in [3.63, 3.8) is 0 Å². The van der Waals surface area contributed by atoms with Gasteiger partial charge in [-0.1, -0.05) is 38.1 Å². The molecular formula is C16H17N3O. The van der Waals surface area contributed by atoms with Crippen molar-refractivity contribution in [2.24, 2.45) is 0 Å². The maximum absolute atomic E-state index is 9.37. The number of rotatable bonds is 3. The molecule has 4 nitrogen and oxygen atoms in total. The van der Waals surface area contributed by atoms with Gasteiger partial charge in [0.05, 0.1) is 18.0 Å². The van der Waals surface area contributed by atoms with Crippen LogP contribution in [0.3, 0.4) is 0 Å². The number of hydrogen-bond donors (Lipinski definition) is 1. The Kier molecular flexibility index (Phi) is 3.24. The molecule has 102 valence electrons. The van der Waals surface area contributed by atoms with E-state index in [9.17, 15) is 5.11 Å². The molecule has 2 heterocycles. The quantitative estimate of drug-likeness (QED) is 0.793. The van der Waals surface area contributed by atoms with Crippen LogP contribution in [0.15, 0.2) is 42.6 Å². The summed E-state index contributed by atoms with van der Waals surface area (Å²) in [6, 6.07) is 11.9. The van der Waals surface area contributed by atoms with E-state index in [2.05, 4.69) is 23.9 Å². The Morgan fingerprint density at radius 1 is 1.20 bits per heavy atom. The lowest BCUT2D eigenvalue weighted by Gasteiger charge is -2.08. The second-order valence-corrected chi connectivity index (χ2v) is 5.16. The zero-order valence-electron chi connectivity index (χ0n) is 11.6. The number of benzene rings is 1. The van der Waals surface area contributed by atoms with Gasteiger partial charge in [-0.3, -0.25) is 0 Å². The van der Waals surface area contributed by atoms with Crippen molar-refractivity contribution < 1.29 is 5.11 Å². The molecular weight excluding hydrogens is 250 g/mol. The minimum Gasteiger partial charge on any atom is -0.390 e. The topological polar surface area (TPSA) is 50.9 Å². The summed E-state index contributed by atoms with van der Waals surface area (Å²) in [6.07, 6.45) is 1.92. The first-order chi connectivity index (χ1) is 9.69. The standard InChI is InChI=1S/C16H17N3O/c1-11(2)15-7-8-19(18-15)16-14-6-4-3-5-12(14)9-13(10-20)17-16/h3-9,11,20H,10H2,1-2H3. The second-order valence-electron chi connectivity index (χ2n) is 5.16. The molecule has 0 radical (unpaired) electrons. The Morgan fingerprint density at radius 2 is 2.00 bits per heavy atom. The normalized spacial score (nSPS) is 11.4. The lowest BCUT2D eigenvalue weighted by atomic mass is 10.1. The molecule has 0 aliphatic rings. The number of nitrogens with zero attached hydrogens (tertiary/aromatic N) is 3. The highest BCUT2D eigenvalue weighted by Crippen LogP contribution is 2.22. The zero-order valence-corrected chi connectivity index (χ0v) is 11.6. The van der Waals surface area contributed by atoms with Crippen LogP contribution in [0, 0.1) is 0 Å². The smallest absolute Gasteiger partial charge is 0.161 e. The van der Waals surface area contributed by atoms with Crippen LogP contribution in [0.25, 0.3) is 16.6 Å². The highest BCUT2D eigenvalue weighted by atomic mass is 16.3. The van der Waals surface area contributed by atoms with Gasteiger partial charge < -0.3 is 5.11 Å². The van der Waals surface area contributed by atoms with E-state index in [1.165, 1.54) is 0 Å². The minimum atomic E-state index is -0.0733. The first-order valence-corrected chi connectivity index (χ1v) is 6.74. The van der Waals surface area contributed by atoms with Crippen LogP contribution in [-0.4, -0.2) is 19.9 Å². The number of aliphatic hydroxyl groups is 1. The SMILES string of the molecule is CC(C)c1ccn(-c2nc(CO)cc3ccccc23)n1. The molecule has 0 bridgehead atoms. The summed E-state index contributed by atoms with van der Waals surface area (Å²) in [5, 5.41) is 16.0. The minimum absolute atomic E-state index is 0.0733. The second kappa shape index (κ2) is 5.06. The lowest BCUT2D eigenvalue weighted by molar-refractivity contribution is 0.277. The molecule has 0 aliphatic carbocycles. The van der Waals surface area contributed by atoms with E-state index in [1.807, 2.05) is 42.6 Å². The Bertz CT molecular complexity index is 746. The first-order valence-electron chi connectivity index (χ1n) is 6.74. The molecule has 1 aromatic carbocycles. The largest absolute Gasteiger partial charge is 0.390 e. The van der Waals surface area contributed by atoms with Crippen LogP contribution in [-0.2, 0) is 6.61 Å². The van der Waals surface area contributed by atoms with Crippen molar-refractivity contribution in [3.05, 3.63) is 54.0 Å². The van der Waals surface area contributed by atoms with Crippen molar-refractivity contribution in [2.75, 3.05) is 0 Å². The summed E-state index contributed by atoms with van der Waals surface area (Å²) in [5.41, 5.74) is 1.69. The number of aliphatic hydroxyl groups excluding tert-OH is 1. The lowest BCUT2D eigenvalue weighted by Crippen LogP contribution is -2.03. The molecule has 0 fully saturated rings. The van der Waals surface area contributed by atoms with Crippen LogP contribution < -0.4 is 0 Å². The van der Waals surface area contributed by atoms with Gasteiger partial charge in [0, 0.05) is 11.6 Å². The number of hydrogen-bond acceptors (Lipinski definition) is 3. The predicted octanol–water partition coefficient (Wildman–Crippen LogP) is 3.04. The van der Waals surface area contributed by atoms with E-state index < -0.39 is 0 Å². The summed E-state index contributed by atoms with van der Waals surface area (Å²) in [5.74, 6) is 1.14. The molecule has 0 saturated heterocycles. The van der Waals surface area contributed by atoms with Crippen molar-refractivity contribution in [3.8, 4) is 5.82 Å². The van der Waals surface area contributed by atoms with E-state index in [0.29, 0.717) is 11.6 Å². The zero-order chi connectivity index (χ0) is 14.1. The fourth-order valence-corrected chi connectivity index (χ4v) is 2.25. The van der Waals surface area contributed by atoms with E-state index in [-0.39, 0.29) is 6.61 Å². The van der Waals surface area contributed by atoms with Gasteiger partial charge in [0.2, 0.25) is 0 Å². The number of pyridine rings is 1. The fraction of sp³-hybridized carbons (Fsp3) is 0.250. The molecule has 0 atom stereocenters. The Hall–Kier alpha value is -2.20. The third-order valence-electron chi connectivity index (χ3n) is 3.35. The summed E-state index contributed by atoms with van der Waals surface area (Å²) >= 11 is 0. The van der Waals surface area contributed by atoms with Gasteiger partial charge in [-0.15, -0.1) is 0 Å². The van der Waals surface area contributed by atoms with E-state index in [1.54, 1.807) is 4.68 Å². The Labute approximate surface area is 117 Å². The third kappa shape index (κ3) is 2.18. The first kappa shape index (κ1) is 12.8. The summed E-state index contributed by atoms with van der Waals surface area (Å²) < 4.78 is 1.79. The van der Waals surface area contributed by atoms with Crippen molar-refractivity contribution in [1.82, 2.24) is 14.8 Å². The average Bonchev–Trinajstić information content (AvgIpc) is 2.96. The predicted molar refractivity (Wildman–Crippen MR) is 78.9 cm³/mol. The third-order valence-corrected chi connectivity index (χ3v) is 3.35. The molecule has 2 aromatic heterocycles. The van der Waals surface area contributed by atoms with E-state index in [0.717, 1.165) is 22.3 Å². The summed E-state index contributed by atoms with van der Waals surface area (Å²) in [6.45, 7) is 4.15. The van der Waals surface area contributed by atoms with Crippen LogP contribution in [0.1, 0.15) is 31.2 Å². The molecule has 0 amide bonds. The van der Waals surface area contributed by atoms with Gasteiger partial charge in [0.15, 0.2) is 5.82 Å². The highest BCUT2D eigenvalue weighted by Gasteiger charge is 2.10. The Morgan fingerprint density at radius 3 is 2.70 bits per heavy atom. The van der Waals surface area contributed by atoms with Gasteiger partial charge >= 0.3 is 0 Å². The van der Waals surface area contributed by atoms with Gasteiger partial charge in [-0.05, 0) is 23.4 Å². The van der Waals surface area contributed by atoms with Gasteiger partial charge in [0.1, 0.15) is 0 Å². The van der Waals surface area contributed by atoms with Crippen molar-refractivity contribution in [1.29, 1.82) is 0 Å². The maximum atomic E-state index is 9.37. The molecule has 0 spiro atoms. The van der Waals surface area contributed by atoms with Gasteiger partial charge in [-0.25, -0.2) is 9.67 Å². The maximum Gasteiger partial charge on any atom is 0.161 e. The van der Waals surface area contributed by atoms with Crippen molar-refractivity contribution >= 4 is 10.8 Å². The average molecular weight is 267 g/mol. The molecule has 0 saturated carbocycles. The van der Waals surface area contributed by atoms with E-state index >= 15 is 0 Å². The molecule has 20 heavy (non-hydrogen) atoms. The van der Waals surface area contributed by atoms with Crippen LogP contribution in [0.5, 0.6) is 0 Å². The summed E-state index contributed by atoms with van der Waals surface area (Å²) in [4.78, 5) is 4.51. The molecule has 3 rings (SSSR count). The molecule has 0 aliphatic heterocycles. The molecule has 3 aromatic rings.